The molecule has 0 fully saturated rings. The molecule has 1 aromatic carbocycles. The molecule has 4 atom stereocenters. The van der Waals surface area contributed by atoms with Gasteiger partial charge in [0.1, 0.15) is 22.8 Å². The van der Waals surface area contributed by atoms with Gasteiger partial charge in [0.05, 0.1) is 11.7 Å². The number of rotatable bonds is 3. The lowest BCUT2D eigenvalue weighted by atomic mass is 9.58. The third kappa shape index (κ3) is 2.58. The topological polar surface area (TPSA) is 156 Å². The smallest absolute Gasteiger partial charge is 0.255 e. The van der Waals surface area contributed by atoms with Gasteiger partial charge in [0.15, 0.2) is 5.60 Å². The van der Waals surface area contributed by atoms with Crippen molar-refractivity contribution in [2.24, 2.45) is 11.7 Å². The van der Waals surface area contributed by atoms with Crippen LogP contribution in [0, 0.1) is 5.92 Å². The van der Waals surface area contributed by atoms with Gasteiger partial charge >= 0.3 is 0 Å². The number of nitrogens with zero attached hydrogens (tertiary/aromatic N) is 3. The van der Waals surface area contributed by atoms with E-state index in [1.165, 1.54) is 0 Å². The molecule has 3 aliphatic rings. The van der Waals surface area contributed by atoms with Gasteiger partial charge in [-0.1, -0.05) is 0 Å². The summed E-state index contributed by atoms with van der Waals surface area (Å²) in [6.07, 6.45) is 0.924. The van der Waals surface area contributed by atoms with E-state index in [9.17, 15) is 24.9 Å². The molecule has 6 N–H and O–H groups in total. The molecular formula is C23H27N5O5. The highest BCUT2D eigenvalue weighted by Crippen LogP contribution is 2.58. The van der Waals surface area contributed by atoms with Crippen LogP contribution in [0.25, 0.3) is 11.3 Å². The minimum atomic E-state index is -2.14. The number of Topliss-reactive ketones (excluding diaryl/α,β-unsaturated/α-hetero) is 1. The Morgan fingerprint density at radius 2 is 1.94 bits per heavy atom. The summed E-state index contributed by atoms with van der Waals surface area (Å²) >= 11 is 0. The van der Waals surface area contributed by atoms with Crippen LogP contribution in [0.3, 0.4) is 0 Å². The van der Waals surface area contributed by atoms with Crippen LogP contribution in [0.4, 0.5) is 5.69 Å². The fourth-order valence-electron chi connectivity index (χ4n) is 6.08. The number of aromatic amines is 1. The Morgan fingerprint density at radius 3 is 2.55 bits per heavy atom. The van der Waals surface area contributed by atoms with Gasteiger partial charge in [0, 0.05) is 36.8 Å². The molecule has 10 nitrogen and oxygen atoms in total. The van der Waals surface area contributed by atoms with Crippen molar-refractivity contribution in [2.45, 2.75) is 30.4 Å². The summed E-state index contributed by atoms with van der Waals surface area (Å²) in [6.45, 7) is 0. The molecule has 33 heavy (non-hydrogen) atoms. The van der Waals surface area contributed by atoms with E-state index in [-0.39, 0.29) is 17.4 Å². The fourth-order valence-corrected chi connectivity index (χ4v) is 6.08. The lowest BCUT2D eigenvalue weighted by Crippen LogP contribution is -2.60. The molecule has 0 spiro atoms. The number of anilines is 1. The summed E-state index contributed by atoms with van der Waals surface area (Å²) < 4.78 is 0. The second-order valence-corrected chi connectivity index (χ2v) is 9.58. The zero-order valence-electron chi connectivity index (χ0n) is 18.9. The average Bonchev–Trinajstić information content (AvgIpc) is 3.17. The maximum absolute atomic E-state index is 13.4. The zero-order valence-corrected chi connectivity index (χ0v) is 18.9. The number of ketones is 1. The van der Waals surface area contributed by atoms with Gasteiger partial charge in [-0.2, -0.15) is 5.10 Å². The number of aromatic nitrogens is 2. The quantitative estimate of drug-likeness (QED) is 0.421. The molecule has 0 radical (unpaired) electrons. The van der Waals surface area contributed by atoms with Crippen LogP contribution in [0.15, 0.2) is 23.5 Å². The van der Waals surface area contributed by atoms with E-state index in [1.54, 1.807) is 25.1 Å². The molecule has 0 bridgehead atoms. The Morgan fingerprint density at radius 1 is 1.24 bits per heavy atom. The fraction of sp³-hybridized carbons (Fsp3) is 0.435. The van der Waals surface area contributed by atoms with Crippen LogP contribution in [0.2, 0.25) is 0 Å². The van der Waals surface area contributed by atoms with E-state index in [0.717, 1.165) is 11.3 Å². The van der Waals surface area contributed by atoms with Gasteiger partial charge in [-0.15, -0.1) is 0 Å². The number of carbonyl (C=O) groups is 2. The van der Waals surface area contributed by atoms with Crippen LogP contribution < -0.4 is 10.6 Å². The molecule has 1 amide bonds. The number of amides is 1. The Kier molecular flexibility index (Phi) is 4.44. The summed E-state index contributed by atoms with van der Waals surface area (Å²) in [6, 6.07) is 2.67. The summed E-state index contributed by atoms with van der Waals surface area (Å²) in [5.41, 5.74) is 6.52. The van der Waals surface area contributed by atoms with Gasteiger partial charge in [-0.25, -0.2) is 0 Å². The molecule has 2 aromatic rings. The first-order valence-corrected chi connectivity index (χ1v) is 10.8. The van der Waals surface area contributed by atoms with E-state index in [1.807, 2.05) is 25.1 Å². The number of nitrogens with one attached hydrogen (secondary N) is 1. The lowest BCUT2D eigenvalue weighted by molar-refractivity contribution is -0.152. The second-order valence-electron chi connectivity index (χ2n) is 9.58. The van der Waals surface area contributed by atoms with Crippen molar-refractivity contribution in [2.75, 3.05) is 33.1 Å². The molecule has 10 heteroatoms. The minimum absolute atomic E-state index is 0.0751. The number of hydrogen-bond acceptors (Lipinski definition) is 8. The van der Waals surface area contributed by atoms with Crippen molar-refractivity contribution in [3.05, 3.63) is 40.3 Å². The Labute approximate surface area is 190 Å². The molecule has 1 heterocycles. The minimum Gasteiger partial charge on any atom is -0.510 e. The monoisotopic (exact) mass is 453 g/mol. The van der Waals surface area contributed by atoms with E-state index in [2.05, 4.69) is 10.2 Å². The number of benzene rings is 1. The number of fused-ring (bicyclic) bond motifs is 4. The Hall–Kier alpha value is -3.37. The first kappa shape index (κ1) is 21.5. The summed E-state index contributed by atoms with van der Waals surface area (Å²) in [5.74, 6) is -3.26. The SMILES string of the molecule is CN(C)c1ccc(O)c2c1C[C@H]1C[C@H]3[C@H](N(C)C)C(O)=C(C(N)=O)C(=O)[C@@]3(O)c3n[nH]c-2c31. The highest BCUT2D eigenvalue weighted by molar-refractivity contribution is 6.23. The summed E-state index contributed by atoms with van der Waals surface area (Å²) in [5, 5.41) is 40.8. The number of phenols is 1. The molecule has 0 saturated carbocycles. The largest absolute Gasteiger partial charge is 0.510 e. The van der Waals surface area contributed by atoms with Gasteiger partial charge in [0.25, 0.3) is 5.91 Å². The number of H-pyrrole nitrogens is 1. The maximum atomic E-state index is 13.4. The highest BCUT2D eigenvalue weighted by atomic mass is 16.3. The molecule has 5 rings (SSSR count). The van der Waals surface area contributed by atoms with E-state index in [4.69, 9.17) is 5.73 Å². The molecule has 0 unspecified atom stereocenters. The number of aromatic hydroxyl groups is 1. The first-order valence-electron chi connectivity index (χ1n) is 10.8. The van der Waals surface area contributed by atoms with Crippen molar-refractivity contribution >= 4 is 17.4 Å². The van der Waals surface area contributed by atoms with Crippen LogP contribution in [-0.4, -0.2) is 76.3 Å². The normalized spacial score (nSPS) is 27.8. The van der Waals surface area contributed by atoms with Crippen LogP contribution >= 0.6 is 0 Å². The van der Waals surface area contributed by atoms with Crippen molar-refractivity contribution < 1.29 is 24.9 Å². The number of likely N-dealkylation sites (N-methyl/N-ethyl adjacent to an activating group) is 1. The number of carbonyl (C=O) groups excluding carboxylic acids is 2. The Bertz CT molecular complexity index is 1250. The van der Waals surface area contributed by atoms with E-state index < -0.39 is 40.6 Å². The predicted octanol–water partition coefficient (Wildman–Crippen LogP) is 0.506. The number of aliphatic hydroxyl groups is 2. The zero-order chi connectivity index (χ0) is 24.0. The van der Waals surface area contributed by atoms with Crippen LogP contribution in [0.1, 0.15) is 29.2 Å². The number of hydrogen-bond donors (Lipinski definition) is 5. The summed E-state index contributed by atoms with van der Waals surface area (Å²) in [7, 11) is 7.27. The van der Waals surface area contributed by atoms with Crippen LogP contribution in [0.5, 0.6) is 5.75 Å². The second kappa shape index (κ2) is 6.82. The number of primary amides is 1. The van der Waals surface area contributed by atoms with Crippen molar-refractivity contribution in [1.29, 1.82) is 0 Å². The molecule has 174 valence electrons. The van der Waals surface area contributed by atoms with Crippen molar-refractivity contribution in [1.82, 2.24) is 15.1 Å². The molecular weight excluding hydrogens is 426 g/mol. The van der Waals surface area contributed by atoms with E-state index in [0.29, 0.717) is 29.7 Å². The predicted molar refractivity (Wildman–Crippen MR) is 120 cm³/mol. The van der Waals surface area contributed by atoms with Gasteiger partial charge < -0.3 is 26.0 Å². The third-order valence-corrected chi connectivity index (χ3v) is 7.39. The molecule has 0 aliphatic heterocycles. The van der Waals surface area contributed by atoms with Crippen LogP contribution in [-0.2, 0) is 21.6 Å². The number of phenolic OH excluding ortho intramolecular Hbond substituents is 1. The van der Waals surface area contributed by atoms with Crippen molar-refractivity contribution in [3.63, 3.8) is 0 Å². The molecule has 3 aliphatic carbocycles. The van der Waals surface area contributed by atoms with Gasteiger partial charge in [0.2, 0.25) is 5.78 Å². The molecule has 1 aromatic heterocycles. The standard InChI is InChI=1S/C23H27N5O5/c1-27(2)12-5-6-13(29)15-10(12)7-9-8-11-18(28(3)4)19(30)16(22(24)32)21(31)23(11,33)20-14(9)17(15)25-26-20/h5-6,9,11,18,29-30,33H,7-8H2,1-4H3,(H2,24,32)(H,25,26)/t9-,11-,18-,23-/m0/s1. The maximum Gasteiger partial charge on any atom is 0.255 e. The van der Waals surface area contributed by atoms with Gasteiger partial charge in [-0.05, 0) is 50.6 Å². The molecule has 0 saturated heterocycles. The summed E-state index contributed by atoms with van der Waals surface area (Å²) in [4.78, 5) is 29.2. The van der Waals surface area contributed by atoms with Gasteiger partial charge in [-0.3, -0.25) is 19.6 Å². The number of nitrogens with two attached hydrogens (primary N) is 1. The lowest BCUT2D eigenvalue weighted by Gasteiger charge is -2.49. The van der Waals surface area contributed by atoms with Crippen molar-refractivity contribution in [3.8, 4) is 17.0 Å². The van der Waals surface area contributed by atoms with E-state index >= 15 is 0 Å². The third-order valence-electron chi connectivity index (χ3n) is 7.39. The average molecular weight is 453 g/mol. The first-order chi connectivity index (χ1) is 15.5. The highest BCUT2D eigenvalue weighted by Gasteiger charge is 2.62. The number of aliphatic hydroxyl groups excluding tert-OH is 1. The Balaban J connectivity index is 1.78.